The molecular formula is C30H28O7. The minimum absolute atomic E-state index is 0.0365. The van der Waals surface area contributed by atoms with E-state index in [0.29, 0.717) is 36.3 Å². The summed E-state index contributed by atoms with van der Waals surface area (Å²) in [6.07, 6.45) is 1.86. The molecule has 5 rings (SSSR count). The monoisotopic (exact) mass is 500 g/mol. The molecule has 37 heavy (non-hydrogen) atoms. The summed E-state index contributed by atoms with van der Waals surface area (Å²) in [5, 5.41) is 41.1. The molecule has 0 aromatic heterocycles. The highest BCUT2D eigenvalue weighted by molar-refractivity contribution is 5.69. The van der Waals surface area contributed by atoms with Crippen LogP contribution in [-0.2, 0) is 19.3 Å². The van der Waals surface area contributed by atoms with Crippen molar-refractivity contribution in [3.63, 3.8) is 0 Å². The summed E-state index contributed by atoms with van der Waals surface area (Å²) >= 11 is 0. The Kier molecular flexibility index (Phi) is 6.44. The van der Waals surface area contributed by atoms with Gasteiger partial charge in [-0.25, -0.2) is 0 Å². The summed E-state index contributed by atoms with van der Waals surface area (Å²) in [6, 6.07) is 19.6. The van der Waals surface area contributed by atoms with E-state index in [1.165, 1.54) is 13.2 Å². The minimum atomic E-state index is -0.402. The normalized spacial score (nSPS) is 13.8. The van der Waals surface area contributed by atoms with Crippen molar-refractivity contribution in [1.82, 2.24) is 0 Å². The molecule has 4 N–H and O–H groups in total. The largest absolute Gasteiger partial charge is 0.508 e. The zero-order valence-electron chi connectivity index (χ0n) is 20.6. The zero-order chi connectivity index (χ0) is 26.1. The molecular weight excluding hydrogens is 472 g/mol. The number of hydrogen-bond acceptors (Lipinski definition) is 7. The van der Waals surface area contributed by atoms with Crippen molar-refractivity contribution >= 4 is 0 Å². The molecule has 0 saturated heterocycles. The molecule has 7 heteroatoms. The lowest BCUT2D eigenvalue weighted by molar-refractivity contribution is 0.324. The fourth-order valence-electron chi connectivity index (χ4n) is 4.96. The molecule has 1 heterocycles. The van der Waals surface area contributed by atoms with Gasteiger partial charge in [0.25, 0.3) is 0 Å². The molecule has 7 nitrogen and oxygen atoms in total. The molecule has 4 aromatic rings. The van der Waals surface area contributed by atoms with Gasteiger partial charge in [0.2, 0.25) is 11.5 Å². The van der Waals surface area contributed by atoms with Crippen LogP contribution in [-0.4, -0.2) is 34.6 Å². The van der Waals surface area contributed by atoms with Gasteiger partial charge < -0.3 is 34.6 Å². The van der Waals surface area contributed by atoms with Crippen molar-refractivity contribution in [1.29, 1.82) is 0 Å². The molecule has 0 fully saturated rings. The van der Waals surface area contributed by atoms with E-state index in [-0.39, 0.29) is 28.9 Å². The van der Waals surface area contributed by atoms with Gasteiger partial charge in [0.1, 0.15) is 23.0 Å². The van der Waals surface area contributed by atoms with Crippen LogP contribution in [0, 0.1) is 0 Å². The van der Waals surface area contributed by atoms with Crippen LogP contribution in [0.25, 0.3) is 0 Å². The standard InChI is InChI=1S/C30H28O7/c1-35-22-11-6-18(7-12-22)13-23-24-16-25(33)28(34)30(36-2)29(24)37-26-15-21(32)14-19(27(23)26)8-3-17-4-9-20(31)10-5-17/h4-7,9-12,14-16,23,31-34H,3,8,13H2,1-2H3. The number of benzene rings is 4. The molecule has 1 unspecified atom stereocenters. The highest BCUT2D eigenvalue weighted by Gasteiger charge is 2.35. The summed E-state index contributed by atoms with van der Waals surface area (Å²) in [6.45, 7) is 0. The highest BCUT2D eigenvalue weighted by atomic mass is 16.5. The molecule has 0 spiro atoms. The third-order valence-corrected chi connectivity index (χ3v) is 6.79. The number of phenols is 4. The maximum atomic E-state index is 10.6. The lowest BCUT2D eigenvalue weighted by Gasteiger charge is -2.32. The van der Waals surface area contributed by atoms with Gasteiger partial charge in [0, 0.05) is 23.1 Å². The van der Waals surface area contributed by atoms with E-state index in [1.807, 2.05) is 36.4 Å². The Hall–Kier alpha value is -4.52. The Morgan fingerprint density at radius 2 is 1.46 bits per heavy atom. The maximum absolute atomic E-state index is 10.6. The minimum Gasteiger partial charge on any atom is -0.508 e. The molecule has 1 aliphatic rings. The van der Waals surface area contributed by atoms with Crippen LogP contribution in [0.2, 0.25) is 0 Å². The van der Waals surface area contributed by atoms with Crippen molar-refractivity contribution < 1.29 is 34.6 Å². The maximum Gasteiger partial charge on any atom is 0.208 e. The first-order valence-electron chi connectivity index (χ1n) is 11.9. The molecule has 1 atom stereocenters. The summed E-state index contributed by atoms with van der Waals surface area (Å²) in [7, 11) is 3.02. The number of methoxy groups -OCH3 is 2. The second kappa shape index (κ2) is 9.85. The van der Waals surface area contributed by atoms with E-state index in [1.54, 1.807) is 31.4 Å². The van der Waals surface area contributed by atoms with Gasteiger partial charge in [-0.15, -0.1) is 0 Å². The van der Waals surface area contributed by atoms with Crippen LogP contribution in [0.15, 0.2) is 66.7 Å². The average molecular weight is 501 g/mol. The Morgan fingerprint density at radius 3 is 2.14 bits per heavy atom. The Labute approximate surface area is 214 Å². The van der Waals surface area contributed by atoms with E-state index >= 15 is 0 Å². The van der Waals surface area contributed by atoms with Gasteiger partial charge in [-0.1, -0.05) is 24.3 Å². The number of aromatic hydroxyl groups is 4. The number of phenolic OH excluding ortho intramolecular Hbond substituents is 4. The van der Waals surface area contributed by atoms with Gasteiger partial charge in [0.05, 0.1) is 14.2 Å². The summed E-state index contributed by atoms with van der Waals surface area (Å²) in [5.74, 6) is 0.868. The van der Waals surface area contributed by atoms with Crippen LogP contribution in [0.5, 0.6) is 46.0 Å². The van der Waals surface area contributed by atoms with Crippen LogP contribution >= 0.6 is 0 Å². The molecule has 0 aliphatic carbocycles. The first-order chi connectivity index (χ1) is 17.9. The fourth-order valence-corrected chi connectivity index (χ4v) is 4.96. The van der Waals surface area contributed by atoms with E-state index < -0.39 is 5.75 Å². The number of hydrogen-bond donors (Lipinski definition) is 4. The van der Waals surface area contributed by atoms with Gasteiger partial charge in [-0.3, -0.25) is 0 Å². The Balaban J connectivity index is 1.62. The third kappa shape index (κ3) is 4.68. The number of fused-ring (bicyclic) bond motifs is 2. The van der Waals surface area contributed by atoms with Crippen LogP contribution in [0.1, 0.15) is 33.7 Å². The van der Waals surface area contributed by atoms with E-state index in [2.05, 4.69) is 0 Å². The average Bonchev–Trinajstić information content (AvgIpc) is 2.89. The molecule has 4 aromatic carbocycles. The molecule has 0 saturated carbocycles. The van der Waals surface area contributed by atoms with Crippen LogP contribution in [0.3, 0.4) is 0 Å². The van der Waals surface area contributed by atoms with Crippen molar-refractivity contribution in [3.05, 3.63) is 94.5 Å². The van der Waals surface area contributed by atoms with E-state index in [9.17, 15) is 20.4 Å². The van der Waals surface area contributed by atoms with Gasteiger partial charge in [-0.05, 0) is 72.4 Å². The van der Waals surface area contributed by atoms with Crippen molar-refractivity contribution in [2.45, 2.75) is 25.2 Å². The molecule has 1 aliphatic heterocycles. The second-order valence-corrected chi connectivity index (χ2v) is 9.09. The van der Waals surface area contributed by atoms with Crippen molar-refractivity contribution in [2.75, 3.05) is 14.2 Å². The first kappa shape index (κ1) is 24.2. The first-order valence-corrected chi connectivity index (χ1v) is 11.9. The van der Waals surface area contributed by atoms with Gasteiger partial charge in [0.15, 0.2) is 11.5 Å². The van der Waals surface area contributed by atoms with Crippen molar-refractivity contribution in [3.8, 4) is 46.0 Å². The van der Waals surface area contributed by atoms with Crippen molar-refractivity contribution in [2.24, 2.45) is 0 Å². The summed E-state index contributed by atoms with van der Waals surface area (Å²) in [5.41, 5.74) is 4.55. The smallest absolute Gasteiger partial charge is 0.208 e. The van der Waals surface area contributed by atoms with E-state index in [4.69, 9.17) is 14.2 Å². The fraction of sp³-hybridized carbons (Fsp3) is 0.200. The predicted molar refractivity (Wildman–Crippen MR) is 139 cm³/mol. The molecule has 0 amide bonds. The predicted octanol–water partition coefficient (Wildman–Crippen LogP) is 5.79. The van der Waals surface area contributed by atoms with E-state index in [0.717, 1.165) is 28.0 Å². The number of ether oxygens (including phenoxy) is 3. The topological polar surface area (TPSA) is 109 Å². The summed E-state index contributed by atoms with van der Waals surface area (Å²) < 4.78 is 16.9. The molecule has 0 bridgehead atoms. The molecule has 190 valence electrons. The zero-order valence-corrected chi connectivity index (χ0v) is 20.6. The summed E-state index contributed by atoms with van der Waals surface area (Å²) in [4.78, 5) is 0. The molecule has 0 radical (unpaired) electrons. The van der Waals surface area contributed by atoms with Crippen LogP contribution in [0.4, 0.5) is 0 Å². The second-order valence-electron chi connectivity index (χ2n) is 9.09. The Morgan fingerprint density at radius 1 is 0.757 bits per heavy atom. The lowest BCUT2D eigenvalue weighted by Crippen LogP contribution is -2.16. The third-order valence-electron chi connectivity index (χ3n) is 6.79. The van der Waals surface area contributed by atoms with Gasteiger partial charge >= 0.3 is 0 Å². The lowest BCUT2D eigenvalue weighted by atomic mass is 9.79. The highest BCUT2D eigenvalue weighted by Crippen LogP contribution is 2.56. The number of rotatable bonds is 7. The van der Waals surface area contributed by atoms with Gasteiger partial charge in [-0.2, -0.15) is 0 Å². The quantitative estimate of drug-likeness (QED) is 0.238. The Bertz CT molecular complexity index is 1430. The van der Waals surface area contributed by atoms with Crippen LogP contribution < -0.4 is 14.2 Å². The number of aryl methyl sites for hydroxylation is 2. The SMILES string of the molecule is COc1ccc(CC2c3cc(O)c(O)c(OC)c3Oc3cc(O)cc(CCc4ccc(O)cc4)c32)cc1.